The summed E-state index contributed by atoms with van der Waals surface area (Å²) in [7, 11) is 0. The molecule has 0 saturated heterocycles. The third-order valence-electron chi connectivity index (χ3n) is 5.90. The van der Waals surface area contributed by atoms with Crippen molar-refractivity contribution in [1.82, 2.24) is 21.3 Å². The Kier molecular flexibility index (Phi) is 13.8. The van der Waals surface area contributed by atoms with Gasteiger partial charge in [-0.1, -0.05) is 74.5 Å². The van der Waals surface area contributed by atoms with Crippen LogP contribution in [0.4, 0.5) is 9.59 Å². The average Bonchev–Trinajstić information content (AvgIpc) is 2.93. The van der Waals surface area contributed by atoms with E-state index in [0.717, 1.165) is 11.1 Å². The number of alkyl carbamates (subject to hydrolysis) is 2. The Hall–Kier alpha value is -4.12. The molecule has 5 N–H and O–H groups in total. The van der Waals surface area contributed by atoms with Gasteiger partial charge in [0.2, 0.25) is 11.8 Å². The van der Waals surface area contributed by atoms with E-state index in [1.807, 2.05) is 74.5 Å². The van der Waals surface area contributed by atoms with Gasteiger partial charge in [0.25, 0.3) is 0 Å². The smallest absolute Gasteiger partial charge is 0.408 e. The largest absolute Gasteiger partial charge is 0.445 e. The molecule has 0 aromatic heterocycles. The predicted molar refractivity (Wildman–Crippen MR) is 158 cm³/mol. The molecular formula is C31H44N4O7. The highest BCUT2D eigenvalue weighted by Crippen LogP contribution is 2.10. The van der Waals surface area contributed by atoms with Crippen LogP contribution >= 0.6 is 0 Å². The predicted octanol–water partition coefficient (Wildman–Crippen LogP) is 3.06. The van der Waals surface area contributed by atoms with E-state index in [4.69, 9.17) is 9.47 Å². The van der Waals surface area contributed by atoms with Gasteiger partial charge >= 0.3 is 12.2 Å². The Morgan fingerprint density at radius 1 is 0.786 bits per heavy atom. The van der Waals surface area contributed by atoms with Crippen molar-refractivity contribution < 1.29 is 33.8 Å². The van der Waals surface area contributed by atoms with Crippen LogP contribution in [0.1, 0.15) is 52.2 Å². The van der Waals surface area contributed by atoms with Gasteiger partial charge in [0.15, 0.2) is 0 Å². The topological polar surface area (TPSA) is 155 Å². The van der Waals surface area contributed by atoms with Crippen LogP contribution in [0.3, 0.4) is 0 Å². The number of carbonyl (C=O) groups is 4. The van der Waals surface area contributed by atoms with E-state index in [2.05, 4.69) is 21.3 Å². The molecule has 2 aromatic rings. The summed E-state index contributed by atoms with van der Waals surface area (Å²) in [4.78, 5) is 51.4. The molecule has 0 bridgehead atoms. The molecule has 0 unspecified atom stereocenters. The first kappa shape index (κ1) is 34.1. The summed E-state index contributed by atoms with van der Waals surface area (Å²) >= 11 is 0. The Balaban J connectivity index is 2.10. The normalized spacial score (nSPS) is 13.3. The van der Waals surface area contributed by atoms with Crippen LogP contribution in [-0.4, -0.2) is 66.0 Å². The van der Waals surface area contributed by atoms with Crippen LogP contribution in [0.25, 0.3) is 0 Å². The molecule has 230 valence electrons. The Morgan fingerprint density at radius 3 is 1.90 bits per heavy atom. The molecular weight excluding hydrogens is 540 g/mol. The lowest BCUT2D eigenvalue weighted by atomic mass is 10.0. The van der Waals surface area contributed by atoms with Crippen molar-refractivity contribution in [2.45, 2.75) is 77.8 Å². The first-order valence-corrected chi connectivity index (χ1v) is 14.1. The Morgan fingerprint density at radius 2 is 1.36 bits per heavy atom. The number of amides is 4. The molecule has 42 heavy (non-hydrogen) atoms. The van der Waals surface area contributed by atoms with Gasteiger partial charge in [-0.3, -0.25) is 9.59 Å². The lowest BCUT2D eigenvalue weighted by Crippen LogP contribution is -2.57. The summed E-state index contributed by atoms with van der Waals surface area (Å²) < 4.78 is 10.5. The Bertz CT molecular complexity index is 1140. The zero-order valence-electron chi connectivity index (χ0n) is 25.0. The van der Waals surface area contributed by atoms with Gasteiger partial charge in [0.1, 0.15) is 24.3 Å². The molecule has 0 aliphatic carbocycles. The van der Waals surface area contributed by atoms with Crippen LogP contribution < -0.4 is 21.3 Å². The number of ether oxygens (including phenoxy) is 2. The molecule has 11 heteroatoms. The van der Waals surface area contributed by atoms with E-state index in [9.17, 15) is 24.3 Å². The van der Waals surface area contributed by atoms with Crippen molar-refractivity contribution in [3.05, 3.63) is 71.8 Å². The van der Waals surface area contributed by atoms with Crippen molar-refractivity contribution in [2.75, 3.05) is 13.2 Å². The average molecular weight is 585 g/mol. The molecule has 3 atom stereocenters. The molecule has 0 saturated carbocycles. The standard InChI is InChI=1S/C31H44N4O7/c1-21(2)16-25(35-30(40)41-20-23-14-10-7-11-15-23)28(38)34-26(17-22-12-8-6-9-13-22)27(37)33-24(19-36)18-32-29(39)42-31(3,4)5/h6-15,21,24-26,36H,16-20H2,1-5H3,(H,32,39)(H,33,37)(H,34,38)(H,35,40)/t24-,25-,26-/m0/s1. The molecule has 4 amide bonds. The number of nitrogens with one attached hydrogen (secondary N) is 4. The maximum atomic E-state index is 13.4. The molecule has 11 nitrogen and oxygen atoms in total. The first-order chi connectivity index (χ1) is 19.9. The van der Waals surface area contributed by atoms with Crippen molar-refractivity contribution in [2.24, 2.45) is 5.92 Å². The summed E-state index contributed by atoms with van der Waals surface area (Å²) in [5.74, 6) is -1.06. The van der Waals surface area contributed by atoms with E-state index in [-0.39, 0.29) is 25.5 Å². The van der Waals surface area contributed by atoms with E-state index in [1.165, 1.54) is 0 Å². The number of aliphatic hydroxyl groups excluding tert-OH is 1. The van der Waals surface area contributed by atoms with Gasteiger partial charge in [-0.15, -0.1) is 0 Å². The van der Waals surface area contributed by atoms with Gasteiger partial charge in [0, 0.05) is 13.0 Å². The summed E-state index contributed by atoms with van der Waals surface area (Å²) in [6.45, 7) is 8.48. The fourth-order valence-electron chi connectivity index (χ4n) is 3.93. The maximum absolute atomic E-state index is 13.4. The fraction of sp³-hybridized carbons (Fsp3) is 0.484. The van der Waals surface area contributed by atoms with Gasteiger partial charge < -0.3 is 35.8 Å². The zero-order chi connectivity index (χ0) is 31.1. The van der Waals surface area contributed by atoms with E-state index < -0.39 is 54.3 Å². The zero-order valence-corrected chi connectivity index (χ0v) is 25.0. The highest BCUT2D eigenvalue weighted by molar-refractivity contribution is 5.91. The lowest BCUT2D eigenvalue weighted by Gasteiger charge is -2.26. The maximum Gasteiger partial charge on any atom is 0.408 e. The molecule has 0 fully saturated rings. The first-order valence-electron chi connectivity index (χ1n) is 14.1. The number of rotatable bonds is 14. The van der Waals surface area contributed by atoms with Crippen molar-refractivity contribution in [3.63, 3.8) is 0 Å². The molecule has 2 rings (SSSR count). The monoisotopic (exact) mass is 584 g/mol. The van der Waals surface area contributed by atoms with Crippen LogP contribution in [0, 0.1) is 5.92 Å². The number of carbonyl (C=O) groups excluding carboxylic acids is 4. The second-order valence-corrected chi connectivity index (χ2v) is 11.4. The summed E-state index contributed by atoms with van der Waals surface area (Å²) in [5.41, 5.74) is 0.888. The highest BCUT2D eigenvalue weighted by Gasteiger charge is 2.29. The summed E-state index contributed by atoms with van der Waals surface area (Å²) in [6.07, 6.45) is -0.975. The van der Waals surface area contributed by atoms with Gasteiger partial charge in [0.05, 0.1) is 12.6 Å². The lowest BCUT2D eigenvalue weighted by molar-refractivity contribution is -0.130. The second kappa shape index (κ2) is 17.0. The minimum Gasteiger partial charge on any atom is -0.445 e. The van der Waals surface area contributed by atoms with E-state index >= 15 is 0 Å². The third-order valence-corrected chi connectivity index (χ3v) is 5.90. The highest BCUT2D eigenvalue weighted by atomic mass is 16.6. The molecule has 0 aliphatic heterocycles. The van der Waals surface area contributed by atoms with Gasteiger partial charge in [-0.2, -0.15) is 0 Å². The second-order valence-electron chi connectivity index (χ2n) is 11.4. The third kappa shape index (κ3) is 13.5. The minimum absolute atomic E-state index is 0.0433. The summed E-state index contributed by atoms with van der Waals surface area (Å²) in [5, 5.41) is 20.4. The fourth-order valence-corrected chi connectivity index (χ4v) is 3.93. The van der Waals surface area contributed by atoms with E-state index in [0.29, 0.717) is 6.42 Å². The van der Waals surface area contributed by atoms with Crippen molar-refractivity contribution >= 4 is 24.0 Å². The number of hydrogen-bond donors (Lipinski definition) is 5. The van der Waals surface area contributed by atoms with Crippen molar-refractivity contribution in [3.8, 4) is 0 Å². The van der Waals surface area contributed by atoms with Crippen molar-refractivity contribution in [1.29, 1.82) is 0 Å². The van der Waals surface area contributed by atoms with E-state index in [1.54, 1.807) is 20.8 Å². The quantitative estimate of drug-likeness (QED) is 0.229. The van der Waals surface area contributed by atoms with Crippen LogP contribution in [0.5, 0.6) is 0 Å². The minimum atomic E-state index is -1.03. The molecule has 2 aromatic carbocycles. The van der Waals surface area contributed by atoms with Crippen LogP contribution in [0.15, 0.2) is 60.7 Å². The van der Waals surface area contributed by atoms with Crippen LogP contribution in [0.2, 0.25) is 0 Å². The number of hydrogen-bond acceptors (Lipinski definition) is 7. The number of benzene rings is 2. The van der Waals surface area contributed by atoms with Gasteiger partial charge in [-0.05, 0) is 44.2 Å². The number of aliphatic hydroxyl groups is 1. The Labute approximate surface area is 247 Å². The molecule has 0 spiro atoms. The SMILES string of the molecule is CC(C)C[C@H](NC(=O)OCc1ccccc1)C(=O)N[C@@H](Cc1ccccc1)C(=O)N[C@H](CO)CNC(=O)OC(C)(C)C. The summed E-state index contributed by atoms with van der Waals surface area (Å²) in [6, 6.07) is 15.5. The van der Waals surface area contributed by atoms with Crippen LogP contribution in [-0.2, 0) is 32.1 Å². The molecule has 0 radical (unpaired) electrons. The molecule has 0 heterocycles. The molecule has 0 aliphatic rings. The van der Waals surface area contributed by atoms with Gasteiger partial charge in [-0.25, -0.2) is 9.59 Å².